The van der Waals surface area contributed by atoms with Crippen molar-refractivity contribution in [2.75, 3.05) is 12.3 Å². The number of nitrogens with two attached hydrogens (primary N) is 1. The van der Waals surface area contributed by atoms with Crippen LogP contribution in [0.1, 0.15) is 53.0 Å². The quantitative estimate of drug-likeness (QED) is 0.631. The number of halogens is 3. The van der Waals surface area contributed by atoms with E-state index >= 15 is 0 Å². The summed E-state index contributed by atoms with van der Waals surface area (Å²) in [6.45, 7) is 4.47. The Morgan fingerprint density at radius 1 is 1.16 bits per heavy atom. The van der Waals surface area contributed by atoms with Crippen molar-refractivity contribution in [3.63, 3.8) is 0 Å². The van der Waals surface area contributed by atoms with E-state index in [4.69, 9.17) is 5.73 Å². The molecule has 3 aromatic rings. The summed E-state index contributed by atoms with van der Waals surface area (Å²) in [5.41, 5.74) is 8.67. The van der Waals surface area contributed by atoms with Gasteiger partial charge in [-0.1, -0.05) is 13.8 Å². The van der Waals surface area contributed by atoms with Crippen molar-refractivity contribution >= 4 is 22.8 Å². The molecule has 0 aromatic carbocycles. The van der Waals surface area contributed by atoms with Crippen LogP contribution in [0.4, 0.5) is 19.0 Å². The number of anilines is 1. The van der Waals surface area contributed by atoms with Gasteiger partial charge < -0.3 is 10.6 Å². The Bertz CT molecular complexity index is 1160. The van der Waals surface area contributed by atoms with Gasteiger partial charge in [-0.2, -0.15) is 13.2 Å². The molecule has 0 unspecified atom stereocenters. The number of nitrogens with zero attached hydrogens (tertiary/aromatic N) is 4. The molecule has 1 amide bonds. The van der Waals surface area contributed by atoms with Crippen molar-refractivity contribution in [2.24, 2.45) is 5.92 Å². The molecule has 1 aliphatic carbocycles. The van der Waals surface area contributed by atoms with Crippen molar-refractivity contribution in [2.45, 2.75) is 45.8 Å². The van der Waals surface area contributed by atoms with E-state index in [2.05, 4.69) is 15.0 Å². The Balaban J connectivity index is 1.64. The highest BCUT2D eigenvalue weighted by molar-refractivity contribution is 5.98. The molecule has 0 saturated carbocycles. The van der Waals surface area contributed by atoms with Crippen LogP contribution in [0.5, 0.6) is 0 Å². The van der Waals surface area contributed by atoms with Gasteiger partial charge in [0.1, 0.15) is 5.82 Å². The van der Waals surface area contributed by atoms with Crippen LogP contribution in [-0.2, 0) is 25.6 Å². The lowest BCUT2D eigenvalue weighted by Crippen LogP contribution is -2.34. The molecular weight excluding hydrogens is 419 g/mol. The van der Waals surface area contributed by atoms with Crippen molar-refractivity contribution in [3.8, 4) is 0 Å². The number of pyridine rings is 3. The number of alkyl halides is 3. The molecule has 0 spiro atoms. The minimum atomic E-state index is -4.45. The third kappa shape index (κ3) is 4.37. The van der Waals surface area contributed by atoms with E-state index in [1.807, 2.05) is 13.8 Å². The van der Waals surface area contributed by atoms with Gasteiger partial charge in [0.05, 0.1) is 23.4 Å². The summed E-state index contributed by atoms with van der Waals surface area (Å²) in [6.07, 6.45) is 0.533. The minimum absolute atomic E-state index is 0.102. The zero-order valence-corrected chi connectivity index (χ0v) is 17.9. The summed E-state index contributed by atoms with van der Waals surface area (Å²) in [6, 6.07) is 4.09. The molecule has 9 heteroatoms. The lowest BCUT2D eigenvalue weighted by Gasteiger charge is -2.24. The Labute approximate surface area is 183 Å². The molecule has 1 aliphatic rings. The highest BCUT2D eigenvalue weighted by Gasteiger charge is 2.31. The van der Waals surface area contributed by atoms with Gasteiger partial charge in [0.2, 0.25) is 0 Å². The van der Waals surface area contributed by atoms with E-state index in [1.165, 1.54) is 12.3 Å². The van der Waals surface area contributed by atoms with E-state index in [1.54, 1.807) is 11.0 Å². The SMILES string of the molecule is CC(C)CN(Cc1ccc(C(F)(F)F)cn1)C(=O)c1cnc2nc(N)c3c(c2c1)CCC3. The average molecular weight is 443 g/mol. The van der Waals surface area contributed by atoms with Crippen molar-refractivity contribution in [1.82, 2.24) is 19.9 Å². The second-order valence-electron chi connectivity index (χ2n) is 8.52. The summed E-state index contributed by atoms with van der Waals surface area (Å²) >= 11 is 0. The van der Waals surface area contributed by atoms with Crippen LogP contribution >= 0.6 is 0 Å². The summed E-state index contributed by atoms with van der Waals surface area (Å²) in [4.78, 5) is 27.6. The lowest BCUT2D eigenvalue weighted by molar-refractivity contribution is -0.137. The van der Waals surface area contributed by atoms with Crippen LogP contribution in [0.2, 0.25) is 0 Å². The predicted octanol–water partition coefficient (Wildman–Crippen LogP) is 4.41. The van der Waals surface area contributed by atoms with E-state index in [0.717, 1.165) is 48.0 Å². The highest BCUT2D eigenvalue weighted by atomic mass is 19.4. The largest absolute Gasteiger partial charge is 0.417 e. The number of amides is 1. The Morgan fingerprint density at radius 2 is 1.91 bits per heavy atom. The van der Waals surface area contributed by atoms with Crippen LogP contribution < -0.4 is 5.73 Å². The van der Waals surface area contributed by atoms with Crippen LogP contribution in [0.3, 0.4) is 0 Å². The van der Waals surface area contributed by atoms with Gasteiger partial charge in [-0.3, -0.25) is 9.78 Å². The summed E-state index contributed by atoms with van der Waals surface area (Å²) in [5, 5.41) is 0.828. The number of hydrogen-bond donors (Lipinski definition) is 1. The number of hydrogen-bond acceptors (Lipinski definition) is 5. The Morgan fingerprint density at radius 3 is 2.56 bits per heavy atom. The van der Waals surface area contributed by atoms with E-state index in [0.29, 0.717) is 29.3 Å². The maximum Gasteiger partial charge on any atom is 0.417 e. The van der Waals surface area contributed by atoms with E-state index in [-0.39, 0.29) is 18.4 Å². The fourth-order valence-electron chi connectivity index (χ4n) is 4.11. The van der Waals surface area contributed by atoms with Crippen molar-refractivity contribution < 1.29 is 18.0 Å². The van der Waals surface area contributed by atoms with Crippen LogP contribution in [0.25, 0.3) is 11.0 Å². The molecule has 6 nitrogen and oxygen atoms in total. The number of aromatic nitrogens is 3. The molecule has 3 aromatic heterocycles. The lowest BCUT2D eigenvalue weighted by atomic mass is 10.0. The van der Waals surface area contributed by atoms with Crippen molar-refractivity contribution in [1.29, 1.82) is 0 Å². The van der Waals surface area contributed by atoms with Gasteiger partial charge in [0.15, 0.2) is 5.65 Å². The zero-order chi connectivity index (χ0) is 23.0. The van der Waals surface area contributed by atoms with E-state index in [9.17, 15) is 18.0 Å². The maximum absolute atomic E-state index is 13.4. The predicted molar refractivity (Wildman–Crippen MR) is 115 cm³/mol. The van der Waals surface area contributed by atoms with Gasteiger partial charge in [0.25, 0.3) is 5.91 Å². The van der Waals surface area contributed by atoms with Gasteiger partial charge in [-0.15, -0.1) is 0 Å². The van der Waals surface area contributed by atoms with Crippen LogP contribution in [0, 0.1) is 5.92 Å². The summed E-state index contributed by atoms with van der Waals surface area (Å²) in [7, 11) is 0. The first-order valence-corrected chi connectivity index (χ1v) is 10.5. The molecule has 0 bridgehead atoms. The Hall–Kier alpha value is -3.23. The number of rotatable bonds is 5. The topological polar surface area (TPSA) is 85.0 Å². The molecule has 3 heterocycles. The third-order valence-electron chi connectivity index (χ3n) is 5.57. The molecule has 168 valence electrons. The molecule has 0 fully saturated rings. The number of carbonyl (C=O) groups excluding carboxylic acids is 1. The fourth-order valence-corrected chi connectivity index (χ4v) is 4.11. The molecule has 0 atom stereocenters. The summed E-state index contributed by atoms with van der Waals surface area (Å²) < 4.78 is 38.5. The van der Waals surface area contributed by atoms with Crippen LogP contribution in [-0.4, -0.2) is 32.3 Å². The smallest absolute Gasteiger partial charge is 0.383 e. The molecule has 2 N–H and O–H groups in total. The number of fused-ring (bicyclic) bond motifs is 3. The van der Waals surface area contributed by atoms with Crippen LogP contribution in [0.15, 0.2) is 30.6 Å². The van der Waals surface area contributed by atoms with Gasteiger partial charge in [-0.05, 0) is 54.5 Å². The normalized spacial score (nSPS) is 13.6. The fraction of sp³-hybridized carbons (Fsp3) is 0.391. The average Bonchev–Trinajstić information content (AvgIpc) is 3.23. The van der Waals surface area contributed by atoms with Gasteiger partial charge >= 0.3 is 6.18 Å². The zero-order valence-electron chi connectivity index (χ0n) is 17.9. The first-order chi connectivity index (χ1) is 15.1. The molecule has 0 radical (unpaired) electrons. The molecule has 32 heavy (non-hydrogen) atoms. The second-order valence-corrected chi connectivity index (χ2v) is 8.52. The summed E-state index contributed by atoms with van der Waals surface area (Å²) in [5.74, 6) is 0.400. The first kappa shape index (κ1) is 22.0. The van der Waals surface area contributed by atoms with Gasteiger partial charge in [-0.25, -0.2) is 9.97 Å². The standard InChI is InChI=1S/C23H24F3N5O/c1-13(2)11-31(12-16-7-6-15(10-28-16)23(24,25)26)22(32)14-8-19-17-4-3-5-18(17)20(27)30-21(19)29-9-14/h6-10,13H,3-5,11-12H2,1-2H3,(H2,27,29,30). The molecule has 0 saturated heterocycles. The number of aryl methyl sites for hydroxylation is 1. The Kier molecular flexibility index (Phi) is 5.75. The number of carbonyl (C=O) groups is 1. The monoisotopic (exact) mass is 443 g/mol. The maximum atomic E-state index is 13.4. The van der Waals surface area contributed by atoms with Gasteiger partial charge in [0, 0.05) is 24.3 Å². The highest BCUT2D eigenvalue weighted by Crippen LogP contribution is 2.32. The number of nitrogen functional groups attached to an aromatic ring is 1. The minimum Gasteiger partial charge on any atom is -0.383 e. The molecule has 4 rings (SSSR count). The molecular formula is C23H24F3N5O. The second kappa shape index (κ2) is 8.37. The first-order valence-electron chi connectivity index (χ1n) is 10.5. The van der Waals surface area contributed by atoms with Crippen molar-refractivity contribution in [3.05, 3.63) is 58.5 Å². The molecule has 0 aliphatic heterocycles. The van der Waals surface area contributed by atoms with E-state index < -0.39 is 11.7 Å². The third-order valence-corrected chi connectivity index (χ3v) is 5.57.